The van der Waals surface area contributed by atoms with Crippen LogP contribution in [-0.2, 0) is 9.59 Å². The highest BCUT2D eigenvalue weighted by molar-refractivity contribution is 5.85. The van der Waals surface area contributed by atoms with Crippen molar-refractivity contribution in [1.82, 2.24) is 10.9 Å². The van der Waals surface area contributed by atoms with Crippen molar-refractivity contribution in [3.63, 3.8) is 0 Å². The van der Waals surface area contributed by atoms with Crippen molar-refractivity contribution in [3.05, 3.63) is 83.9 Å². The van der Waals surface area contributed by atoms with E-state index in [9.17, 15) is 9.59 Å². The van der Waals surface area contributed by atoms with Gasteiger partial charge in [0.05, 0.1) is 0 Å². The molecule has 0 radical (unpaired) electrons. The first-order valence-electron chi connectivity index (χ1n) is 10.6. The summed E-state index contributed by atoms with van der Waals surface area (Å²) in [5, 5.41) is 0. The third-order valence-electron chi connectivity index (χ3n) is 4.79. The lowest BCUT2D eigenvalue weighted by Gasteiger charge is -2.18. The second-order valence-corrected chi connectivity index (χ2v) is 7.55. The second kappa shape index (κ2) is 11.0. The van der Waals surface area contributed by atoms with Crippen LogP contribution in [0.3, 0.4) is 0 Å². The van der Waals surface area contributed by atoms with Crippen LogP contribution < -0.4 is 20.3 Å². The molecule has 0 heterocycles. The minimum Gasteiger partial charge on any atom is -0.484 e. The van der Waals surface area contributed by atoms with Gasteiger partial charge in [-0.05, 0) is 66.8 Å². The van der Waals surface area contributed by atoms with Crippen molar-refractivity contribution >= 4 is 11.8 Å². The molecule has 2 amide bonds. The summed E-state index contributed by atoms with van der Waals surface area (Å²) in [6.07, 6.45) is -0.292. The molecule has 3 rings (SSSR count). The second-order valence-electron chi connectivity index (χ2n) is 7.55. The van der Waals surface area contributed by atoms with Crippen molar-refractivity contribution in [2.24, 2.45) is 0 Å². The van der Waals surface area contributed by atoms with Crippen LogP contribution in [0.15, 0.2) is 72.8 Å². The molecule has 0 saturated carbocycles. The number of rotatable bonds is 8. The Morgan fingerprint density at radius 1 is 0.812 bits per heavy atom. The summed E-state index contributed by atoms with van der Waals surface area (Å²) in [6, 6.07) is 23.3. The normalized spacial score (nSPS) is 11.3. The number of hydrogen-bond donors (Lipinski definition) is 2. The monoisotopic (exact) mass is 432 g/mol. The van der Waals surface area contributed by atoms with Gasteiger partial charge in [0.1, 0.15) is 11.5 Å². The number of aryl methyl sites for hydroxylation is 2. The molecule has 6 heteroatoms. The van der Waals surface area contributed by atoms with Crippen LogP contribution in [0.5, 0.6) is 11.5 Å². The highest BCUT2D eigenvalue weighted by Crippen LogP contribution is 2.23. The molecule has 0 aliphatic carbocycles. The van der Waals surface area contributed by atoms with Crippen molar-refractivity contribution in [3.8, 4) is 22.6 Å². The predicted octanol–water partition coefficient (Wildman–Crippen LogP) is 4.35. The minimum atomic E-state index is -0.738. The highest BCUT2D eigenvalue weighted by Gasteiger charge is 2.19. The number of ether oxygens (including phenoxy) is 2. The van der Waals surface area contributed by atoms with E-state index in [1.54, 1.807) is 0 Å². The lowest BCUT2D eigenvalue weighted by atomic mass is 10.1. The molecule has 0 fully saturated rings. The summed E-state index contributed by atoms with van der Waals surface area (Å²) in [7, 11) is 0. The van der Waals surface area contributed by atoms with E-state index in [1.807, 2.05) is 93.6 Å². The zero-order valence-corrected chi connectivity index (χ0v) is 18.6. The van der Waals surface area contributed by atoms with E-state index < -0.39 is 17.9 Å². The fourth-order valence-corrected chi connectivity index (χ4v) is 3.26. The number of hydrazine groups is 1. The quantitative estimate of drug-likeness (QED) is 0.519. The molecular weight excluding hydrogens is 404 g/mol. The average molecular weight is 433 g/mol. The van der Waals surface area contributed by atoms with Gasteiger partial charge in [0.2, 0.25) is 0 Å². The fourth-order valence-electron chi connectivity index (χ4n) is 3.26. The molecule has 0 spiro atoms. The average Bonchev–Trinajstić information content (AvgIpc) is 2.80. The van der Waals surface area contributed by atoms with Crippen molar-refractivity contribution in [2.45, 2.75) is 33.3 Å². The Kier molecular flexibility index (Phi) is 7.86. The summed E-state index contributed by atoms with van der Waals surface area (Å²) < 4.78 is 11.3. The van der Waals surface area contributed by atoms with E-state index >= 15 is 0 Å². The molecular formula is C26H28N2O4. The van der Waals surface area contributed by atoms with E-state index in [2.05, 4.69) is 10.9 Å². The topological polar surface area (TPSA) is 76.7 Å². The summed E-state index contributed by atoms with van der Waals surface area (Å²) in [4.78, 5) is 24.5. The number of nitrogens with one attached hydrogen (secondary N) is 2. The molecule has 3 aromatic rings. The van der Waals surface area contributed by atoms with E-state index in [0.29, 0.717) is 17.9 Å². The zero-order valence-electron chi connectivity index (χ0n) is 18.6. The molecule has 32 heavy (non-hydrogen) atoms. The van der Waals surface area contributed by atoms with Crippen molar-refractivity contribution in [1.29, 1.82) is 0 Å². The Morgan fingerprint density at radius 3 is 2.06 bits per heavy atom. The molecule has 0 aliphatic rings. The van der Waals surface area contributed by atoms with Gasteiger partial charge in [0, 0.05) is 0 Å². The summed E-state index contributed by atoms with van der Waals surface area (Å²) in [5.74, 6) is 0.299. The van der Waals surface area contributed by atoms with Gasteiger partial charge in [0.15, 0.2) is 12.7 Å². The van der Waals surface area contributed by atoms with Crippen LogP contribution >= 0.6 is 0 Å². The van der Waals surface area contributed by atoms with Crippen LogP contribution in [0.1, 0.15) is 24.5 Å². The molecule has 2 N–H and O–H groups in total. The summed E-state index contributed by atoms with van der Waals surface area (Å²) in [5.41, 5.74) is 9.04. The van der Waals surface area contributed by atoms with Gasteiger partial charge < -0.3 is 9.47 Å². The van der Waals surface area contributed by atoms with Crippen LogP contribution in [0.25, 0.3) is 11.1 Å². The molecule has 0 bridgehead atoms. The smallest absolute Gasteiger partial charge is 0.279 e. The maximum Gasteiger partial charge on any atom is 0.279 e. The van der Waals surface area contributed by atoms with E-state index in [4.69, 9.17) is 9.47 Å². The Balaban J connectivity index is 1.48. The third-order valence-corrected chi connectivity index (χ3v) is 4.79. The van der Waals surface area contributed by atoms with Gasteiger partial charge in [0.25, 0.3) is 11.8 Å². The van der Waals surface area contributed by atoms with Crippen LogP contribution in [0.2, 0.25) is 0 Å². The first kappa shape index (κ1) is 22.9. The maximum atomic E-state index is 12.4. The van der Waals surface area contributed by atoms with Crippen molar-refractivity contribution < 1.29 is 19.1 Å². The number of carbonyl (C=O) groups is 2. The Hall–Kier alpha value is -3.80. The number of carbonyl (C=O) groups excluding carboxylic acids is 2. The Morgan fingerprint density at radius 2 is 1.44 bits per heavy atom. The van der Waals surface area contributed by atoms with E-state index in [0.717, 1.165) is 22.3 Å². The van der Waals surface area contributed by atoms with Gasteiger partial charge in [-0.2, -0.15) is 0 Å². The standard InChI is InChI=1S/C26H28N2O4/c1-4-24(32-22-12-10-21(11-13-22)20-8-6-5-7-9-20)26(30)28-27-25(29)17-31-23-15-18(2)14-19(3)16-23/h5-16,24H,4,17H2,1-3H3,(H,27,29)(H,28,30). The number of benzene rings is 3. The fraction of sp³-hybridized carbons (Fsp3) is 0.231. The third kappa shape index (κ3) is 6.60. The molecule has 6 nitrogen and oxygen atoms in total. The molecule has 166 valence electrons. The molecule has 1 atom stereocenters. The van der Waals surface area contributed by atoms with Crippen LogP contribution in [0, 0.1) is 13.8 Å². The lowest BCUT2D eigenvalue weighted by molar-refractivity contribution is -0.134. The first-order valence-corrected chi connectivity index (χ1v) is 10.6. The van der Waals surface area contributed by atoms with Crippen LogP contribution in [0.4, 0.5) is 0 Å². The molecule has 0 aromatic heterocycles. The van der Waals surface area contributed by atoms with E-state index in [1.165, 1.54) is 0 Å². The lowest BCUT2D eigenvalue weighted by Crippen LogP contribution is -2.49. The van der Waals surface area contributed by atoms with Gasteiger partial charge in [-0.1, -0.05) is 55.5 Å². The Bertz CT molecular complexity index is 1030. The molecule has 1 unspecified atom stereocenters. The van der Waals surface area contributed by atoms with Gasteiger partial charge in [-0.25, -0.2) is 0 Å². The van der Waals surface area contributed by atoms with Gasteiger partial charge in [-0.15, -0.1) is 0 Å². The largest absolute Gasteiger partial charge is 0.484 e. The van der Waals surface area contributed by atoms with Crippen molar-refractivity contribution in [2.75, 3.05) is 6.61 Å². The zero-order chi connectivity index (χ0) is 22.9. The molecule has 3 aromatic carbocycles. The first-order chi connectivity index (χ1) is 15.4. The maximum absolute atomic E-state index is 12.4. The van der Waals surface area contributed by atoms with E-state index in [-0.39, 0.29) is 6.61 Å². The Labute approximate surface area is 188 Å². The van der Waals surface area contributed by atoms with Gasteiger partial charge >= 0.3 is 0 Å². The molecule has 0 aliphatic heterocycles. The summed E-state index contributed by atoms with van der Waals surface area (Å²) >= 11 is 0. The van der Waals surface area contributed by atoms with Gasteiger partial charge in [-0.3, -0.25) is 20.4 Å². The number of hydrogen-bond acceptors (Lipinski definition) is 4. The minimum absolute atomic E-state index is 0.207. The van der Waals surface area contributed by atoms with Crippen LogP contribution in [-0.4, -0.2) is 24.5 Å². The summed E-state index contributed by atoms with van der Waals surface area (Å²) in [6.45, 7) is 5.55. The SMILES string of the molecule is CCC(Oc1ccc(-c2ccccc2)cc1)C(=O)NNC(=O)COc1cc(C)cc(C)c1. The highest BCUT2D eigenvalue weighted by atomic mass is 16.5. The number of amides is 2. The predicted molar refractivity (Wildman–Crippen MR) is 124 cm³/mol. The molecule has 0 saturated heterocycles.